The third-order valence-corrected chi connectivity index (χ3v) is 5.23. The minimum atomic E-state index is -0.252. The quantitative estimate of drug-likeness (QED) is 0.449. The summed E-state index contributed by atoms with van der Waals surface area (Å²) in [5.74, 6) is 0.481. The van der Waals surface area contributed by atoms with Crippen molar-refractivity contribution >= 4 is 32.6 Å². The van der Waals surface area contributed by atoms with Gasteiger partial charge in [-0.1, -0.05) is 12.1 Å². The fourth-order valence-electron chi connectivity index (χ4n) is 2.88. The van der Waals surface area contributed by atoms with Crippen LogP contribution in [0, 0.1) is 5.82 Å². The van der Waals surface area contributed by atoms with Crippen LogP contribution in [0.15, 0.2) is 66.7 Å². The number of fused-ring (bicyclic) bond motifs is 2. The smallest absolute Gasteiger partial charge is 0.138 e. The number of hydrogen-bond acceptors (Lipinski definition) is 3. The lowest BCUT2D eigenvalue weighted by Crippen LogP contribution is -1.80. The Balaban J connectivity index is 1.60. The highest BCUT2D eigenvalue weighted by Gasteiger charge is 2.10. The van der Waals surface area contributed by atoms with E-state index in [9.17, 15) is 4.39 Å². The molecule has 0 aliphatic heterocycles. The summed E-state index contributed by atoms with van der Waals surface area (Å²) in [5.41, 5.74) is 4.75. The minimum absolute atomic E-state index is 0.252. The van der Waals surface area contributed by atoms with Crippen LogP contribution in [-0.2, 0) is 0 Å². The van der Waals surface area contributed by atoms with Gasteiger partial charge in [0.05, 0.1) is 21.3 Å². The first-order valence-electron chi connectivity index (χ1n) is 7.88. The summed E-state index contributed by atoms with van der Waals surface area (Å²) in [6.07, 6.45) is 0. The van der Waals surface area contributed by atoms with Gasteiger partial charge >= 0.3 is 0 Å². The molecule has 0 spiro atoms. The number of rotatable bonds is 2. The fraction of sp³-hybridized carbons (Fsp3) is 0. The van der Waals surface area contributed by atoms with Crippen LogP contribution in [0.25, 0.3) is 43.2 Å². The molecule has 0 unspecified atom stereocenters. The average Bonchev–Trinajstić information content (AvgIpc) is 3.25. The molecule has 0 saturated carbocycles. The molecule has 0 aliphatic rings. The molecule has 1 N–H and O–H groups in total. The molecule has 120 valence electrons. The van der Waals surface area contributed by atoms with Crippen LogP contribution < -0.4 is 0 Å². The van der Waals surface area contributed by atoms with E-state index in [2.05, 4.69) is 22.1 Å². The first-order chi connectivity index (χ1) is 12.3. The molecule has 25 heavy (non-hydrogen) atoms. The fourth-order valence-corrected chi connectivity index (χ4v) is 3.84. The van der Waals surface area contributed by atoms with E-state index in [1.165, 1.54) is 16.8 Å². The van der Waals surface area contributed by atoms with Crippen LogP contribution >= 0.6 is 11.3 Å². The number of nitrogens with one attached hydrogen (secondary N) is 1. The number of hydrogen-bond donors (Lipinski definition) is 1. The van der Waals surface area contributed by atoms with Crippen molar-refractivity contribution in [1.29, 1.82) is 0 Å². The number of para-hydroxylation sites is 1. The molecule has 0 bridgehead atoms. The Morgan fingerprint density at radius 2 is 1.60 bits per heavy atom. The van der Waals surface area contributed by atoms with E-state index in [1.807, 2.05) is 30.3 Å². The van der Waals surface area contributed by atoms with Crippen molar-refractivity contribution in [1.82, 2.24) is 15.0 Å². The molecule has 0 fully saturated rings. The van der Waals surface area contributed by atoms with Crippen molar-refractivity contribution in [3.05, 3.63) is 72.5 Å². The Morgan fingerprint density at radius 3 is 2.44 bits per heavy atom. The largest absolute Gasteiger partial charge is 0.338 e. The predicted molar refractivity (Wildman–Crippen MR) is 100 cm³/mol. The van der Waals surface area contributed by atoms with Crippen LogP contribution in [0.4, 0.5) is 4.39 Å². The Morgan fingerprint density at radius 1 is 0.800 bits per heavy atom. The van der Waals surface area contributed by atoms with E-state index in [0.29, 0.717) is 0 Å². The number of H-pyrrole nitrogens is 1. The summed E-state index contributed by atoms with van der Waals surface area (Å²) in [4.78, 5) is 12.6. The molecule has 0 atom stereocenters. The van der Waals surface area contributed by atoms with E-state index < -0.39 is 0 Å². The third-order valence-electron chi connectivity index (χ3n) is 4.14. The van der Waals surface area contributed by atoms with Gasteiger partial charge in [0.15, 0.2) is 0 Å². The Kier molecular flexibility index (Phi) is 3.15. The summed E-state index contributed by atoms with van der Waals surface area (Å²) >= 11 is 1.68. The maximum Gasteiger partial charge on any atom is 0.138 e. The van der Waals surface area contributed by atoms with E-state index in [-0.39, 0.29) is 5.82 Å². The van der Waals surface area contributed by atoms with Gasteiger partial charge in [-0.05, 0) is 54.6 Å². The van der Waals surface area contributed by atoms with E-state index in [4.69, 9.17) is 4.98 Å². The molecule has 5 aromatic rings. The summed E-state index contributed by atoms with van der Waals surface area (Å²) in [7, 11) is 0. The molecular weight excluding hydrogens is 333 g/mol. The van der Waals surface area contributed by atoms with Gasteiger partial charge in [0.2, 0.25) is 0 Å². The number of aromatic nitrogens is 3. The van der Waals surface area contributed by atoms with Gasteiger partial charge in [-0.15, -0.1) is 11.3 Å². The molecular formula is C20H12FN3S. The molecule has 5 rings (SSSR count). The number of benzene rings is 3. The van der Waals surface area contributed by atoms with Gasteiger partial charge < -0.3 is 4.98 Å². The highest BCUT2D eigenvalue weighted by Crippen LogP contribution is 2.32. The molecule has 3 nitrogen and oxygen atoms in total. The second-order valence-corrected chi connectivity index (χ2v) is 6.84. The molecule has 3 aromatic carbocycles. The number of imidazole rings is 1. The zero-order valence-electron chi connectivity index (χ0n) is 13.0. The highest BCUT2D eigenvalue weighted by molar-refractivity contribution is 7.21. The van der Waals surface area contributed by atoms with Crippen molar-refractivity contribution < 1.29 is 4.39 Å². The highest BCUT2D eigenvalue weighted by atomic mass is 32.1. The van der Waals surface area contributed by atoms with Gasteiger partial charge in [0, 0.05) is 11.1 Å². The van der Waals surface area contributed by atoms with Crippen molar-refractivity contribution in [3.63, 3.8) is 0 Å². The zero-order chi connectivity index (χ0) is 16.8. The first-order valence-corrected chi connectivity index (χ1v) is 8.69. The van der Waals surface area contributed by atoms with Gasteiger partial charge in [-0.2, -0.15) is 0 Å². The average molecular weight is 345 g/mol. The summed E-state index contributed by atoms with van der Waals surface area (Å²) in [5, 5.41) is 0.987. The lowest BCUT2D eigenvalue weighted by molar-refractivity contribution is 0.628. The topological polar surface area (TPSA) is 41.6 Å². The van der Waals surface area contributed by atoms with Crippen LogP contribution in [0.5, 0.6) is 0 Å². The number of nitrogens with zero attached hydrogens (tertiary/aromatic N) is 2. The molecule has 0 aliphatic carbocycles. The van der Waals surface area contributed by atoms with Crippen molar-refractivity contribution in [2.75, 3.05) is 0 Å². The lowest BCUT2D eigenvalue weighted by Gasteiger charge is -1.95. The Labute approximate surface area is 146 Å². The normalized spacial score (nSPS) is 11.4. The number of halogens is 1. The zero-order valence-corrected chi connectivity index (χ0v) is 13.8. The minimum Gasteiger partial charge on any atom is -0.338 e. The van der Waals surface area contributed by atoms with Crippen LogP contribution in [0.2, 0.25) is 0 Å². The van der Waals surface area contributed by atoms with Crippen molar-refractivity contribution in [2.24, 2.45) is 0 Å². The Hall–Kier alpha value is -3.05. The summed E-state index contributed by atoms with van der Waals surface area (Å²) < 4.78 is 14.3. The number of thiazole rings is 1. The standard InChI is InChI=1S/C20H12FN3S/c21-14-8-5-12(6-9-14)19-22-15-10-7-13(11-17(15)23-19)20-24-16-3-1-2-4-18(16)25-20/h1-11H,(H,22,23). The molecule has 0 saturated heterocycles. The third kappa shape index (κ3) is 2.49. The molecule has 2 aromatic heterocycles. The van der Waals surface area contributed by atoms with Crippen molar-refractivity contribution in [2.45, 2.75) is 0 Å². The van der Waals surface area contributed by atoms with Gasteiger partial charge in [0.25, 0.3) is 0 Å². The first kappa shape index (κ1) is 14.3. The molecule has 0 radical (unpaired) electrons. The maximum atomic E-state index is 13.1. The summed E-state index contributed by atoms with van der Waals surface area (Å²) in [6, 6.07) is 20.5. The van der Waals surface area contributed by atoms with Crippen molar-refractivity contribution in [3.8, 4) is 22.0 Å². The second-order valence-electron chi connectivity index (χ2n) is 5.81. The van der Waals surface area contributed by atoms with Gasteiger partial charge in [-0.3, -0.25) is 0 Å². The Bertz CT molecular complexity index is 1170. The van der Waals surface area contributed by atoms with Gasteiger partial charge in [-0.25, -0.2) is 14.4 Å². The van der Waals surface area contributed by atoms with E-state index in [1.54, 1.807) is 23.5 Å². The molecule has 2 heterocycles. The second kappa shape index (κ2) is 5.50. The summed E-state index contributed by atoms with van der Waals surface area (Å²) in [6.45, 7) is 0. The lowest BCUT2D eigenvalue weighted by atomic mass is 10.2. The SMILES string of the molecule is Fc1ccc(-c2nc3ccc(-c4nc5ccccc5s4)cc3[nH]2)cc1. The van der Waals surface area contributed by atoms with Gasteiger partial charge in [0.1, 0.15) is 16.6 Å². The van der Waals surface area contributed by atoms with E-state index in [0.717, 1.165) is 38.5 Å². The monoisotopic (exact) mass is 345 g/mol. The molecule has 0 amide bonds. The predicted octanol–water partition coefficient (Wildman–Crippen LogP) is 5.65. The van der Waals surface area contributed by atoms with E-state index >= 15 is 0 Å². The van der Waals surface area contributed by atoms with Crippen LogP contribution in [0.1, 0.15) is 0 Å². The molecule has 5 heteroatoms. The number of aromatic amines is 1. The van der Waals surface area contributed by atoms with Crippen LogP contribution in [-0.4, -0.2) is 15.0 Å². The maximum absolute atomic E-state index is 13.1. The van der Waals surface area contributed by atoms with Crippen LogP contribution in [0.3, 0.4) is 0 Å².